The Kier molecular flexibility index (Phi) is 7.47. The predicted molar refractivity (Wildman–Crippen MR) is 123 cm³/mol. The molecule has 1 unspecified atom stereocenters. The lowest BCUT2D eigenvalue weighted by atomic mass is 10.0. The lowest BCUT2D eigenvalue weighted by Crippen LogP contribution is -2.49. The molecule has 0 radical (unpaired) electrons. The van der Waals surface area contributed by atoms with E-state index >= 15 is 0 Å². The van der Waals surface area contributed by atoms with Crippen molar-refractivity contribution in [2.24, 2.45) is 0 Å². The van der Waals surface area contributed by atoms with Crippen molar-refractivity contribution < 1.29 is 14.3 Å². The predicted octanol–water partition coefficient (Wildman–Crippen LogP) is 4.79. The van der Waals surface area contributed by atoms with Crippen LogP contribution in [0.4, 0.5) is 5.69 Å². The molecule has 2 aromatic rings. The van der Waals surface area contributed by atoms with Crippen molar-refractivity contribution >= 4 is 40.6 Å². The van der Waals surface area contributed by atoms with Crippen LogP contribution >= 0.6 is 23.1 Å². The molecule has 5 nitrogen and oxygen atoms in total. The minimum absolute atomic E-state index is 0.0357. The van der Waals surface area contributed by atoms with Gasteiger partial charge in [-0.25, -0.2) is 0 Å². The Hall–Kier alpha value is -1.83. The van der Waals surface area contributed by atoms with E-state index < -0.39 is 6.04 Å². The van der Waals surface area contributed by atoms with Crippen LogP contribution in [0.1, 0.15) is 47.3 Å². The highest BCUT2D eigenvalue weighted by atomic mass is 32.2. The highest BCUT2D eigenvalue weighted by Gasteiger charge is 2.33. The fourth-order valence-corrected chi connectivity index (χ4v) is 5.82. The Morgan fingerprint density at radius 2 is 2.00 bits per heavy atom. The number of carbonyl (C=O) groups is 2. The van der Waals surface area contributed by atoms with Gasteiger partial charge in [0.05, 0.1) is 4.88 Å². The number of anilines is 1. The lowest BCUT2D eigenvalue weighted by Gasteiger charge is -2.34. The lowest BCUT2D eigenvalue weighted by molar-refractivity contribution is -0.121. The van der Waals surface area contributed by atoms with Crippen LogP contribution in [-0.2, 0) is 15.3 Å². The summed E-state index contributed by atoms with van der Waals surface area (Å²) in [7, 11) is 0. The van der Waals surface area contributed by atoms with Crippen LogP contribution in [-0.4, -0.2) is 47.8 Å². The molecule has 0 saturated carbocycles. The summed E-state index contributed by atoms with van der Waals surface area (Å²) < 4.78 is 5.43. The molecule has 3 heterocycles. The molecule has 1 atom stereocenters. The molecule has 2 amide bonds. The van der Waals surface area contributed by atoms with Crippen molar-refractivity contribution in [1.29, 1.82) is 0 Å². The highest BCUT2D eigenvalue weighted by Crippen LogP contribution is 2.27. The van der Waals surface area contributed by atoms with Crippen LogP contribution in [0, 0.1) is 0 Å². The van der Waals surface area contributed by atoms with Gasteiger partial charge < -0.3 is 15.0 Å². The largest absolute Gasteiger partial charge is 0.381 e. The van der Waals surface area contributed by atoms with Gasteiger partial charge in [-0.1, -0.05) is 18.2 Å². The van der Waals surface area contributed by atoms with Crippen LogP contribution in [0.5, 0.6) is 0 Å². The van der Waals surface area contributed by atoms with Gasteiger partial charge in [0.15, 0.2) is 0 Å². The van der Waals surface area contributed by atoms with Gasteiger partial charge in [0, 0.05) is 36.4 Å². The summed E-state index contributed by atoms with van der Waals surface area (Å²) in [4.78, 5) is 28.4. The second kappa shape index (κ2) is 10.5. The summed E-state index contributed by atoms with van der Waals surface area (Å²) in [6, 6.07) is 11.4. The standard InChI is InChI=1S/C23H28N2O3S2/c26-22(20-7-1-2-11-25(20)23(27)21-8-4-14-29-21)24-18-6-3-5-17(15-18)16-30-19-9-12-28-13-10-19/h3-6,8,14-15,19-20H,1-2,7,9-13,16H2,(H,24,26). The first kappa shape index (κ1) is 21.4. The van der Waals surface area contributed by atoms with E-state index in [-0.39, 0.29) is 11.8 Å². The summed E-state index contributed by atoms with van der Waals surface area (Å²) in [5.41, 5.74) is 2.01. The van der Waals surface area contributed by atoms with Gasteiger partial charge in [-0.15, -0.1) is 11.3 Å². The van der Waals surface area contributed by atoms with E-state index in [0.29, 0.717) is 23.1 Å². The number of carbonyl (C=O) groups excluding carboxylic acids is 2. The maximum Gasteiger partial charge on any atom is 0.264 e. The van der Waals surface area contributed by atoms with Gasteiger partial charge in [0.25, 0.3) is 5.91 Å². The number of hydrogen-bond donors (Lipinski definition) is 1. The number of ether oxygens (including phenoxy) is 1. The van der Waals surface area contributed by atoms with Crippen LogP contribution in [0.3, 0.4) is 0 Å². The van der Waals surface area contributed by atoms with Gasteiger partial charge in [0.1, 0.15) is 6.04 Å². The molecule has 1 aromatic carbocycles. The number of hydrogen-bond acceptors (Lipinski definition) is 5. The van der Waals surface area contributed by atoms with E-state index in [1.54, 1.807) is 4.90 Å². The molecule has 30 heavy (non-hydrogen) atoms. The molecule has 2 aliphatic heterocycles. The van der Waals surface area contributed by atoms with Crippen LogP contribution in [0.25, 0.3) is 0 Å². The maximum absolute atomic E-state index is 13.0. The highest BCUT2D eigenvalue weighted by molar-refractivity contribution is 7.99. The first-order valence-corrected chi connectivity index (χ1v) is 12.6. The Balaban J connectivity index is 1.37. The summed E-state index contributed by atoms with van der Waals surface area (Å²) in [6.45, 7) is 2.35. The SMILES string of the molecule is O=C(Nc1cccc(CSC2CCOCC2)c1)C1CCCCN1C(=O)c1cccs1. The second-order valence-electron chi connectivity index (χ2n) is 7.80. The van der Waals surface area contributed by atoms with Crippen LogP contribution < -0.4 is 5.32 Å². The molecule has 0 spiro atoms. The van der Waals surface area contributed by atoms with E-state index in [9.17, 15) is 9.59 Å². The first-order valence-electron chi connectivity index (χ1n) is 10.6. The average Bonchev–Trinajstić information content (AvgIpc) is 3.33. The minimum atomic E-state index is -0.409. The molecular formula is C23H28N2O3S2. The molecule has 7 heteroatoms. The number of thiophene rings is 1. The van der Waals surface area contributed by atoms with Crippen molar-refractivity contribution in [2.45, 2.75) is 49.1 Å². The summed E-state index contributed by atoms with van der Waals surface area (Å²) in [5.74, 6) is 0.807. The maximum atomic E-state index is 13.0. The molecule has 2 aliphatic rings. The molecule has 0 bridgehead atoms. The quantitative estimate of drug-likeness (QED) is 0.696. The zero-order chi connectivity index (χ0) is 20.8. The van der Waals surface area contributed by atoms with Crippen molar-refractivity contribution in [1.82, 2.24) is 4.90 Å². The smallest absolute Gasteiger partial charge is 0.264 e. The minimum Gasteiger partial charge on any atom is -0.381 e. The first-order chi connectivity index (χ1) is 14.7. The molecule has 4 rings (SSSR count). The van der Waals surface area contributed by atoms with E-state index in [2.05, 4.69) is 17.4 Å². The normalized spacial score (nSPS) is 20.1. The fourth-order valence-electron chi connectivity index (χ4n) is 4.01. The number of thioether (sulfide) groups is 1. The number of benzene rings is 1. The molecule has 1 N–H and O–H groups in total. The van der Waals surface area contributed by atoms with Gasteiger partial charge in [0.2, 0.25) is 5.91 Å². The topological polar surface area (TPSA) is 58.6 Å². The van der Waals surface area contributed by atoms with Crippen molar-refractivity contribution in [3.8, 4) is 0 Å². The van der Waals surface area contributed by atoms with Crippen molar-refractivity contribution in [3.63, 3.8) is 0 Å². The van der Waals surface area contributed by atoms with E-state index in [0.717, 1.165) is 50.3 Å². The molecular weight excluding hydrogens is 416 g/mol. The Bertz CT molecular complexity index is 850. The third kappa shape index (κ3) is 5.45. The number of piperidine rings is 1. The van der Waals surface area contributed by atoms with Crippen molar-refractivity contribution in [3.05, 3.63) is 52.2 Å². The summed E-state index contributed by atoms with van der Waals surface area (Å²) in [5, 5.41) is 5.61. The van der Waals surface area contributed by atoms with Gasteiger partial charge >= 0.3 is 0 Å². The molecule has 2 fully saturated rings. The van der Waals surface area contributed by atoms with E-state index in [1.807, 2.05) is 41.4 Å². The number of nitrogens with zero attached hydrogens (tertiary/aromatic N) is 1. The zero-order valence-corrected chi connectivity index (χ0v) is 18.7. The number of rotatable bonds is 6. The van der Waals surface area contributed by atoms with Crippen LogP contribution in [0.15, 0.2) is 41.8 Å². The van der Waals surface area contributed by atoms with Gasteiger partial charge in [-0.05, 0) is 61.2 Å². The third-order valence-corrected chi connectivity index (χ3v) is 7.95. The monoisotopic (exact) mass is 444 g/mol. The van der Waals surface area contributed by atoms with Gasteiger partial charge in [-0.2, -0.15) is 11.8 Å². The molecule has 160 valence electrons. The molecule has 1 aromatic heterocycles. The summed E-state index contributed by atoms with van der Waals surface area (Å²) >= 11 is 3.39. The van der Waals surface area contributed by atoms with E-state index in [1.165, 1.54) is 16.9 Å². The molecule has 0 aliphatic carbocycles. The number of amides is 2. The summed E-state index contributed by atoms with van der Waals surface area (Å²) in [6.07, 6.45) is 4.84. The second-order valence-corrected chi connectivity index (χ2v) is 10.0. The zero-order valence-electron chi connectivity index (χ0n) is 17.0. The van der Waals surface area contributed by atoms with Crippen LogP contribution in [0.2, 0.25) is 0 Å². The Labute approximate surface area is 186 Å². The molecule has 2 saturated heterocycles. The number of nitrogens with one attached hydrogen (secondary N) is 1. The van der Waals surface area contributed by atoms with E-state index in [4.69, 9.17) is 4.74 Å². The third-order valence-electron chi connectivity index (χ3n) is 5.65. The van der Waals surface area contributed by atoms with Crippen molar-refractivity contribution in [2.75, 3.05) is 25.1 Å². The Morgan fingerprint density at radius 1 is 1.13 bits per heavy atom. The fraction of sp³-hybridized carbons (Fsp3) is 0.478. The van der Waals surface area contributed by atoms with Gasteiger partial charge in [-0.3, -0.25) is 9.59 Å². The number of likely N-dealkylation sites (tertiary alicyclic amines) is 1. The Morgan fingerprint density at radius 3 is 2.80 bits per heavy atom. The average molecular weight is 445 g/mol.